The molecule has 138 valence electrons. The molecule has 2 N–H and O–H groups in total. The fourth-order valence-electron chi connectivity index (χ4n) is 2.09. The Kier molecular flexibility index (Phi) is 10.3. The highest BCUT2D eigenvalue weighted by molar-refractivity contribution is 7.99. The molecule has 2 rings (SSSR count). The maximum Gasteiger partial charge on any atom is 0.249 e. The number of nitrogens with one attached hydrogen (secondary N) is 2. The molecule has 0 aliphatic carbocycles. The van der Waals surface area contributed by atoms with Crippen molar-refractivity contribution < 1.29 is 26.3 Å². The summed E-state index contributed by atoms with van der Waals surface area (Å²) in [7, 11) is 1.97. The van der Waals surface area contributed by atoms with Crippen molar-refractivity contribution in [2.24, 2.45) is 7.05 Å². The molecule has 0 saturated carbocycles. The van der Waals surface area contributed by atoms with E-state index in [1.165, 1.54) is 0 Å². The fraction of sp³-hybridized carbons (Fsp3) is 0.412. The summed E-state index contributed by atoms with van der Waals surface area (Å²) in [6, 6.07) is 9.75. The van der Waals surface area contributed by atoms with Gasteiger partial charge in [-0.15, -0.1) is 0 Å². The van der Waals surface area contributed by atoms with Crippen LogP contribution in [0, 0.1) is 0 Å². The van der Waals surface area contributed by atoms with Gasteiger partial charge in [0.15, 0.2) is 6.67 Å². The van der Waals surface area contributed by atoms with Crippen LogP contribution < -0.4 is 37.5 Å². The van der Waals surface area contributed by atoms with E-state index in [1.54, 1.807) is 16.9 Å². The number of hydrogen-bond acceptors (Lipinski definition) is 4. The number of unbranched alkanes of at least 4 members (excludes halogenated alkanes) is 1. The van der Waals surface area contributed by atoms with E-state index in [-0.39, 0.29) is 22.9 Å². The molecule has 0 atom stereocenters. The quantitative estimate of drug-likeness (QED) is 0.285. The van der Waals surface area contributed by atoms with E-state index in [0.717, 1.165) is 24.3 Å². The second kappa shape index (κ2) is 11.9. The number of carbonyl (C=O) groups is 1. The average molecular weight is 428 g/mol. The van der Waals surface area contributed by atoms with Gasteiger partial charge in [-0.1, -0.05) is 31.5 Å². The maximum atomic E-state index is 12.2. The van der Waals surface area contributed by atoms with E-state index in [9.17, 15) is 4.79 Å². The molecule has 8 heteroatoms. The third-order valence-electron chi connectivity index (χ3n) is 3.36. The fourth-order valence-corrected chi connectivity index (χ4v) is 2.98. The molecule has 0 aliphatic heterocycles. The number of carbonyl (C=O) groups excluding carboxylic acids is 1. The lowest BCUT2D eigenvalue weighted by atomic mass is 10.3. The van der Waals surface area contributed by atoms with Gasteiger partial charge >= 0.3 is 0 Å². The van der Waals surface area contributed by atoms with Gasteiger partial charge in [0.2, 0.25) is 12.2 Å². The van der Waals surface area contributed by atoms with Crippen LogP contribution in [0.1, 0.15) is 19.8 Å². The minimum Gasteiger partial charge on any atom is -1.00 e. The molecular weight excluding hydrogens is 402 g/mol. The first kappa shape index (κ1) is 21.5. The van der Waals surface area contributed by atoms with Crippen LogP contribution in [0.3, 0.4) is 0 Å². The lowest BCUT2D eigenvalue weighted by molar-refractivity contribution is -0.671. The van der Waals surface area contributed by atoms with Crippen LogP contribution in [0.2, 0.25) is 0 Å². The molecule has 0 spiro atoms. The summed E-state index contributed by atoms with van der Waals surface area (Å²) in [5, 5.41) is 1.68. The standard InChI is InChI=1S/C17H25N5OS.BrH/c1-3-4-12-24-13-17(23)19-22(16-8-6-5-7-9-16)18-14-21-11-10-20(2)15-21;/h5-11,15,18H,3-4,12-14H2,1-2H3;1H. The van der Waals surface area contributed by atoms with Gasteiger partial charge in [-0.3, -0.25) is 10.2 Å². The van der Waals surface area contributed by atoms with Crippen molar-refractivity contribution >= 4 is 23.4 Å². The predicted octanol–water partition coefficient (Wildman–Crippen LogP) is -1.15. The summed E-state index contributed by atoms with van der Waals surface area (Å²) < 4.78 is 3.97. The highest BCUT2D eigenvalue weighted by Gasteiger charge is 2.11. The SMILES string of the molecule is CCCCSCC(=O)NN(NCn1cc[n+](C)c1)c1ccccc1.[Br-]. The van der Waals surface area contributed by atoms with E-state index in [1.807, 2.05) is 65.2 Å². The number of benzene rings is 1. The van der Waals surface area contributed by atoms with Gasteiger partial charge in [-0.2, -0.15) is 17.2 Å². The Balaban J connectivity index is 0.00000312. The molecule has 0 unspecified atom stereocenters. The molecule has 2 aromatic rings. The Hall–Kier alpha value is -1.51. The first-order valence-corrected chi connectivity index (χ1v) is 9.31. The van der Waals surface area contributed by atoms with Gasteiger partial charge in [0.05, 0.1) is 18.5 Å². The van der Waals surface area contributed by atoms with Crippen molar-refractivity contribution in [3.63, 3.8) is 0 Å². The molecular formula is C17H26BrN5OS. The number of aryl methyl sites for hydroxylation is 1. The zero-order valence-corrected chi connectivity index (χ0v) is 17.1. The van der Waals surface area contributed by atoms with Gasteiger partial charge in [0.25, 0.3) is 0 Å². The minimum absolute atomic E-state index is 0. The first-order chi connectivity index (χ1) is 11.7. The monoisotopic (exact) mass is 427 g/mol. The van der Waals surface area contributed by atoms with Gasteiger partial charge in [0.1, 0.15) is 12.4 Å². The summed E-state index contributed by atoms with van der Waals surface area (Å²) in [6.07, 6.45) is 8.21. The summed E-state index contributed by atoms with van der Waals surface area (Å²) >= 11 is 1.67. The molecule has 0 radical (unpaired) electrons. The van der Waals surface area contributed by atoms with Crippen LogP contribution in [-0.4, -0.2) is 22.0 Å². The average Bonchev–Trinajstić information content (AvgIpc) is 3.01. The molecule has 0 bridgehead atoms. The third-order valence-corrected chi connectivity index (χ3v) is 4.41. The summed E-state index contributed by atoms with van der Waals surface area (Å²) in [6.45, 7) is 2.71. The van der Waals surface area contributed by atoms with Crippen molar-refractivity contribution in [1.82, 2.24) is 15.4 Å². The molecule has 1 amide bonds. The van der Waals surface area contributed by atoms with Gasteiger partial charge < -0.3 is 17.0 Å². The van der Waals surface area contributed by atoms with E-state index >= 15 is 0 Å². The Morgan fingerprint density at radius 2 is 2.08 bits per heavy atom. The lowest BCUT2D eigenvalue weighted by Crippen LogP contribution is -3.00. The normalized spacial score (nSPS) is 10.2. The highest BCUT2D eigenvalue weighted by Crippen LogP contribution is 2.09. The Morgan fingerprint density at radius 3 is 2.72 bits per heavy atom. The third kappa shape index (κ3) is 7.94. The Bertz CT molecular complexity index is 623. The van der Waals surface area contributed by atoms with Crippen LogP contribution in [0.25, 0.3) is 0 Å². The van der Waals surface area contributed by atoms with Gasteiger partial charge in [-0.25, -0.2) is 14.3 Å². The predicted molar refractivity (Wildman–Crippen MR) is 98.0 cm³/mol. The number of thioether (sulfide) groups is 1. The van der Waals surface area contributed by atoms with Crippen LogP contribution in [0.4, 0.5) is 5.69 Å². The molecule has 0 fully saturated rings. The zero-order valence-electron chi connectivity index (χ0n) is 14.7. The number of rotatable bonds is 10. The van der Waals surface area contributed by atoms with Crippen LogP contribution >= 0.6 is 11.8 Å². The second-order valence-electron chi connectivity index (χ2n) is 5.52. The molecule has 1 aromatic carbocycles. The second-order valence-corrected chi connectivity index (χ2v) is 6.63. The molecule has 0 aliphatic rings. The first-order valence-electron chi connectivity index (χ1n) is 8.16. The van der Waals surface area contributed by atoms with Crippen molar-refractivity contribution in [1.29, 1.82) is 0 Å². The maximum absolute atomic E-state index is 12.2. The highest BCUT2D eigenvalue weighted by atomic mass is 79.9. The van der Waals surface area contributed by atoms with Crippen molar-refractivity contribution in [2.45, 2.75) is 26.4 Å². The van der Waals surface area contributed by atoms with E-state index in [4.69, 9.17) is 0 Å². The molecule has 0 saturated heterocycles. The smallest absolute Gasteiger partial charge is 0.249 e. The van der Waals surface area contributed by atoms with Crippen LogP contribution in [-0.2, 0) is 18.5 Å². The Morgan fingerprint density at radius 1 is 1.32 bits per heavy atom. The van der Waals surface area contributed by atoms with E-state index in [0.29, 0.717) is 12.4 Å². The number of nitrogens with zero attached hydrogens (tertiary/aromatic N) is 3. The largest absolute Gasteiger partial charge is 1.00 e. The zero-order chi connectivity index (χ0) is 17.2. The number of hydrogen-bond donors (Lipinski definition) is 2. The Labute approximate surface area is 164 Å². The molecule has 25 heavy (non-hydrogen) atoms. The number of para-hydroxylation sites is 1. The number of anilines is 1. The summed E-state index contributed by atoms with van der Waals surface area (Å²) in [5.41, 5.74) is 7.06. The van der Waals surface area contributed by atoms with Gasteiger partial charge in [0, 0.05) is 0 Å². The number of halogens is 1. The number of imidazole rings is 1. The molecule has 1 heterocycles. The molecule has 6 nitrogen and oxygen atoms in total. The summed E-state index contributed by atoms with van der Waals surface area (Å²) in [4.78, 5) is 12.2. The van der Waals surface area contributed by atoms with Crippen molar-refractivity contribution in [2.75, 3.05) is 16.6 Å². The van der Waals surface area contributed by atoms with Crippen LogP contribution in [0.5, 0.6) is 0 Å². The van der Waals surface area contributed by atoms with Crippen LogP contribution in [0.15, 0.2) is 49.1 Å². The lowest BCUT2D eigenvalue weighted by Gasteiger charge is -2.24. The van der Waals surface area contributed by atoms with E-state index < -0.39 is 0 Å². The van der Waals surface area contributed by atoms with Crippen molar-refractivity contribution in [3.05, 3.63) is 49.1 Å². The minimum atomic E-state index is -0.00878. The van der Waals surface area contributed by atoms with E-state index in [2.05, 4.69) is 17.8 Å². The topological polar surface area (TPSA) is 53.2 Å². The number of amides is 1. The van der Waals surface area contributed by atoms with Gasteiger partial charge in [-0.05, 0) is 24.3 Å². The number of hydrazine groups is 2. The molecule has 1 aromatic heterocycles. The number of aromatic nitrogens is 2. The summed E-state index contributed by atoms with van der Waals surface area (Å²) in [5.74, 6) is 1.47. The van der Waals surface area contributed by atoms with Crippen molar-refractivity contribution in [3.8, 4) is 0 Å².